The summed E-state index contributed by atoms with van der Waals surface area (Å²) in [5.74, 6) is -32.9. The van der Waals surface area contributed by atoms with Gasteiger partial charge in [-0.05, 0) is 48.0 Å². The van der Waals surface area contributed by atoms with Gasteiger partial charge in [0.05, 0.1) is 27.8 Å². The van der Waals surface area contributed by atoms with Crippen LogP contribution in [0.2, 0.25) is 5.02 Å². The second-order valence-corrected chi connectivity index (χ2v) is 13.0. The number of amides is 3. The van der Waals surface area contributed by atoms with Gasteiger partial charge in [0.2, 0.25) is 5.91 Å². The summed E-state index contributed by atoms with van der Waals surface area (Å²) in [6, 6.07) is 5.52. The van der Waals surface area contributed by atoms with Crippen LogP contribution in [-0.2, 0) is 20.5 Å². The predicted octanol–water partition coefficient (Wildman–Crippen LogP) is 9.05. The molecule has 7 nitrogen and oxygen atoms in total. The van der Waals surface area contributed by atoms with Crippen molar-refractivity contribution in [2.45, 2.75) is 40.2 Å². The maximum absolute atomic E-state index is 15.2. The Balaban J connectivity index is 1.34. The standard InChI is InChI=1S/C29H13Cl3F13N3O4/c30-13-3-2-10(46-22(50)18-17(24(18,31)32)9-1-4-14(33)12(7-9)26(37,38)39)8-11(13)21(49)47-16-6-5-15(34)20(19(16)35)48-23(51)25(36)27(40,41)28(42,43)29(44,45)52-25/h1-8,17-18H,(H,46,50)(H,47,49)(H,48,51)/t17-,18+,25?/m0/s1. The molecule has 3 atom stereocenters. The van der Waals surface area contributed by atoms with Crippen molar-refractivity contribution in [2.24, 2.45) is 5.92 Å². The van der Waals surface area contributed by atoms with E-state index in [4.69, 9.17) is 34.8 Å². The summed E-state index contributed by atoms with van der Waals surface area (Å²) in [6.07, 6.45) is -11.3. The van der Waals surface area contributed by atoms with E-state index < -0.39 is 109 Å². The molecule has 3 aromatic rings. The number of hydrogen-bond acceptors (Lipinski definition) is 4. The summed E-state index contributed by atoms with van der Waals surface area (Å²) in [6.45, 7) is 0. The van der Waals surface area contributed by atoms with Gasteiger partial charge in [-0.25, -0.2) is 13.2 Å². The van der Waals surface area contributed by atoms with Crippen molar-refractivity contribution in [3.05, 3.63) is 87.7 Å². The zero-order valence-electron chi connectivity index (χ0n) is 24.5. The van der Waals surface area contributed by atoms with Crippen LogP contribution in [0.4, 0.5) is 74.1 Å². The molecular formula is C29H13Cl3F13N3O4. The summed E-state index contributed by atoms with van der Waals surface area (Å²) in [7, 11) is 0. The third-order valence-electron chi connectivity index (χ3n) is 7.77. The average molecular weight is 821 g/mol. The van der Waals surface area contributed by atoms with E-state index in [9.17, 15) is 67.1 Å². The zero-order valence-corrected chi connectivity index (χ0v) is 26.7. The van der Waals surface area contributed by atoms with E-state index in [0.29, 0.717) is 18.2 Å². The number of halogens is 16. The number of ether oxygens (including phenoxy) is 1. The van der Waals surface area contributed by atoms with Gasteiger partial charge in [0.15, 0.2) is 5.82 Å². The molecule has 0 radical (unpaired) electrons. The first kappa shape index (κ1) is 39.2. The maximum Gasteiger partial charge on any atom is 0.429 e. The Morgan fingerprint density at radius 3 is 1.96 bits per heavy atom. The third kappa shape index (κ3) is 6.26. The van der Waals surface area contributed by atoms with Gasteiger partial charge in [-0.15, -0.1) is 23.2 Å². The molecule has 23 heteroatoms. The Morgan fingerprint density at radius 2 is 1.38 bits per heavy atom. The number of anilines is 3. The van der Waals surface area contributed by atoms with Crippen LogP contribution in [0.1, 0.15) is 27.4 Å². The fourth-order valence-corrected chi connectivity index (χ4v) is 6.08. The molecule has 3 N–H and O–H groups in total. The van der Waals surface area contributed by atoms with Gasteiger partial charge in [-0.3, -0.25) is 19.1 Å². The van der Waals surface area contributed by atoms with Gasteiger partial charge in [-0.2, -0.15) is 43.9 Å². The highest BCUT2D eigenvalue weighted by Crippen LogP contribution is 2.65. The molecule has 0 spiro atoms. The molecule has 3 aromatic carbocycles. The number of nitrogens with one attached hydrogen (secondary N) is 3. The number of benzene rings is 3. The largest absolute Gasteiger partial charge is 0.429 e. The van der Waals surface area contributed by atoms with Crippen LogP contribution in [0.5, 0.6) is 0 Å². The number of rotatable bonds is 7. The lowest BCUT2D eigenvalue weighted by molar-refractivity contribution is -0.333. The van der Waals surface area contributed by atoms with Crippen LogP contribution < -0.4 is 16.0 Å². The van der Waals surface area contributed by atoms with Crippen LogP contribution in [0.15, 0.2) is 48.5 Å². The van der Waals surface area contributed by atoms with E-state index >= 15 is 4.39 Å². The predicted molar refractivity (Wildman–Crippen MR) is 155 cm³/mol. The molecule has 1 aliphatic heterocycles. The lowest BCUT2D eigenvalue weighted by atomic mass is 10.0. The SMILES string of the molecule is O=C(Nc1ccc(F)c(NC(=O)C2(F)OC(F)(F)C(F)(F)C2(F)F)c1F)c1cc(NC(=O)[C@H]2[C@H](c3ccc(F)c(C(F)(F)F)c3)C2(Cl)Cl)ccc1Cl. The Morgan fingerprint density at radius 1 is 0.769 bits per heavy atom. The lowest BCUT2D eigenvalue weighted by Crippen LogP contribution is -2.57. The minimum atomic E-state index is -6.59. The van der Waals surface area contributed by atoms with Crippen LogP contribution in [-0.4, -0.2) is 45.9 Å². The van der Waals surface area contributed by atoms with E-state index in [1.165, 1.54) is 0 Å². The number of alkyl halides is 12. The number of hydrogen-bond donors (Lipinski definition) is 3. The van der Waals surface area contributed by atoms with Crippen LogP contribution in [0.3, 0.4) is 0 Å². The first-order valence-corrected chi connectivity index (χ1v) is 14.8. The lowest BCUT2D eigenvalue weighted by Gasteiger charge is -2.25. The monoisotopic (exact) mass is 819 g/mol. The van der Waals surface area contributed by atoms with E-state index in [-0.39, 0.29) is 17.3 Å². The minimum absolute atomic E-state index is 0.240. The molecular weight excluding hydrogens is 808 g/mol. The third-order valence-corrected chi connectivity index (χ3v) is 9.04. The van der Waals surface area contributed by atoms with Crippen molar-refractivity contribution in [1.29, 1.82) is 0 Å². The Hall–Kier alpha value is -4.01. The smallest absolute Gasteiger partial charge is 0.326 e. The summed E-state index contributed by atoms with van der Waals surface area (Å²) >= 11 is 18.3. The van der Waals surface area contributed by atoms with E-state index in [1.807, 2.05) is 0 Å². The molecule has 1 unspecified atom stereocenters. The molecule has 2 aliphatic rings. The Kier molecular flexibility index (Phi) is 9.46. The van der Waals surface area contributed by atoms with Crippen molar-refractivity contribution in [3.8, 4) is 0 Å². The first-order valence-electron chi connectivity index (χ1n) is 13.7. The van der Waals surface area contributed by atoms with Gasteiger partial charge in [0, 0.05) is 11.6 Å². The number of carbonyl (C=O) groups excluding carboxylic acids is 3. The molecule has 0 aromatic heterocycles. The highest BCUT2D eigenvalue weighted by molar-refractivity contribution is 6.53. The molecule has 1 heterocycles. The number of carbonyl (C=O) groups is 3. The molecule has 280 valence electrons. The van der Waals surface area contributed by atoms with Crippen molar-refractivity contribution in [3.63, 3.8) is 0 Å². The highest BCUT2D eigenvalue weighted by Gasteiger charge is 2.92. The summed E-state index contributed by atoms with van der Waals surface area (Å²) in [5, 5.41) is 4.45. The van der Waals surface area contributed by atoms with Gasteiger partial charge in [-0.1, -0.05) is 17.7 Å². The molecule has 5 rings (SSSR count). The summed E-state index contributed by atoms with van der Waals surface area (Å²) in [4.78, 5) is 38.1. The fourth-order valence-electron chi connectivity index (χ4n) is 5.04. The summed E-state index contributed by atoms with van der Waals surface area (Å²) < 4.78 is 180. The normalized spacial score (nSPS) is 23.8. The molecule has 1 saturated heterocycles. The van der Waals surface area contributed by atoms with Crippen LogP contribution in [0, 0.1) is 23.4 Å². The molecule has 52 heavy (non-hydrogen) atoms. The van der Waals surface area contributed by atoms with Gasteiger partial charge in [0.1, 0.15) is 21.7 Å². The van der Waals surface area contributed by atoms with Crippen LogP contribution >= 0.6 is 34.8 Å². The minimum Gasteiger partial charge on any atom is -0.326 e. The van der Waals surface area contributed by atoms with Crippen molar-refractivity contribution in [1.82, 2.24) is 0 Å². The van der Waals surface area contributed by atoms with E-state index in [1.54, 1.807) is 5.32 Å². The van der Waals surface area contributed by atoms with Crippen LogP contribution in [0.25, 0.3) is 0 Å². The Labute approximate surface area is 295 Å². The van der Waals surface area contributed by atoms with Gasteiger partial charge in [0.25, 0.3) is 11.8 Å². The fraction of sp³-hybridized carbons (Fsp3) is 0.276. The molecule has 0 bridgehead atoms. The summed E-state index contributed by atoms with van der Waals surface area (Å²) in [5.41, 5.74) is -5.75. The molecule has 1 saturated carbocycles. The van der Waals surface area contributed by atoms with Gasteiger partial charge < -0.3 is 16.0 Å². The molecule has 3 amide bonds. The average Bonchev–Trinajstić information content (AvgIpc) is 3.58. The quantitative estimate of drug-likeness (QED) is 0.164. The second kappa shape index (κ2) is 12.6. The topological polar surface area (TPSA) is 96.5 Å². The molecule has 2 fully saturated rings. The van der Waals surface area contributed by atoms with Gasteiger partial charge >= 0.3 is 30.0 Å². The van der Waals surface area contributed by atoms with E-state index in [2.05, 4.69) is 10.1 Å². The highest BCUT2D eigenvalue weighted by atomic mass is 35.5. The van der Waals surface area contributed by atoms with E-state index in [0.717, 1.165) is 29.6 Å². The Bertz CT molecular complexity index is 2010. The molecule has 1 aliphatic carbocycles. The first-order chi connectivity index (χ1) is 23.7. The van der Waals surface area contributed by atoms with Crippen molar-refractivity contribution >= 4 is 69.6 Å². The second-order valence-electron chi connectivity index (χ2n) is 11.1. The maximum atomic E-state index is 15.2. The van der Waals surface area contributed by atoms with Crippen molar-refractivity contribution < 1.29 is 76.2 Å². The van der Waals surface area contributed by atoms with Crippen molar-refractivity contribution in [2.75, 3.05) is 16.0 Å². The zero-order chi connectivity index (χ0) is 39.1.